The van der Waals surface area contributed by atoms with Crippen LogP contribution in [0.15, 0.2) is 24.3 Å². The van der Waals surface area contributed by atoms with Crippen LogP contribution >= 0.6 is 0 Å². The molecule has 2 aromatic rings. The van der Waals surface area contributed by atoms with Gasteiger partial charge in [-0.25, -0.2) is 0 Å². The van der Waals surface area contributed by atoms with Crippen molar-refractivity contribution in [2.24, 2.45) is 7.05 Å². The molecule has 0 spiro atoms. The number of nitriles is 1. The molecule has 0 radical (unpaired) electrons. The van der Waals surface area contributed by atoms with E-state index in [1.165, 1.54) is 5.56 Å². The third kappa shape index (κ3) is 2.45. The molecular formula is C15H17N3O. The van der Waals surface area contributed by atoms with Crippen molar-refractivity contribution < 1.29 is 4.74 Å². The first-order valence-corrected chi connectivity index (χ1v) is 6.19. The Morgan fingerprint density at radius 2 is 2.05 bits per heavy atom. The summed E-state index contributed by atoms with van der Waals surface area (Å²) in [5, 5.41) is 13.1. The van der Waals surface area contributed by atoms with E-state index in [1.807, 2.05) is 13.1 Å². The number of hydrogen-bond acceptors (Lipinski definition) is 3. The first kappa shape index (κ1) is 13.2. The highest BCUT2D eigenvalue weighted by Gasteiger charge is 2.13. The fourth-order valence-corrected chi connectivity index (χ4v) is 2.06. The number of hydrogen-bond donors (Lipinski definition) is 0. The van der Waals surface area contributed by atoms with E-state index in [2.05, 4.69) is 37.1 Å². The minimum absolute atomic E-state index is 0.412. The quantitative estimate of drug-likeness (QED) is 0.846. The van der Waals surface area contributed by atoms with Gasteiger partial charge in [-0.05, 0) is 23.6 Å². The first-order valence-electron chi connectivity index (χ1n) is 6.19. The fourth-order valence-electron chi connectivity index (χ4n) is 2.06. The number of rotatable bonds is 3. The Morgan fingerprint density at radius 1 is 1.32 bits per heavy atom. The Balaban J connectivity index is 2.61. The van der Waals surface area contributed by atoms with E-state index in [0.29, 0.717) is 11.6 Å². The molecule has 4 nitrogen and oxygen atoms in total. The highest BCUT2D eigenvalue weighted by atomic mass is 16.5. The highest BCUT2D eigenvalue weighted by Crippen LogP contribution is 2.33. The zero-order chi connectivity index (χ0) is 14.0. The van der Waals surface area contributed by atoms with Crippen LogP contribution in [0.5, 0.6) is 5.75 Å². The molecule has 0 aliphatic carbocycles. The van der Waals surface area contributed by atoms with Gasteiger partial charge in [0.05, 0.1) is 12.8 Å². The summed E-state index contributed by atoms with van der Waals surface area (Å²) in [6.07, 6.45) is 0. The predicted molar refractivity (Wildman–Crippen MR) is 74.0 cm³/mol. The van der Waals surface area contributed by atoms with E-state index >= 15 is 0 Å². The Labute approximate surface area is 113 Å². The largest absolute Gasteiger partial charge is 0.496 e. The van der Waals surface area contributed by atoms with Crippen LogP contribution in [0.3, 0.4) is 0 Å². The normalized spacial score (nSPS) is 10.5. The third-order valence-electron chi connectivity index (χ3n) is 3.16. The van der Waals surface area contributed by atoms with E-state index in [-0.39, 0.29) is 0 Å². The molecule has 0 bridgehead atoms. The number of nitrogens with zero attached hydrogens (tertiary/aromatic N) is 3. The summed E-state index contributed by atoms with van der Waals surface area (Å²) in [6, 6.07) is 9.96. The maximum absolute atomic E-state index is 8.93. The van der Waals surface area contributed by atoms with Gasteiger partial charge in [0.1, 0.15) is 11.8 Å². The van der Waals surface area contributed by atoms with Crippen molar-refractivity contribution in [3.8, 4) is 23.1 Å². The molecule has 98 valence electrons. The molecule has 0 atom stereocenters. The van der Waals surface area contributed by atoms with E-state index in [4.69, 9.17) is 10.00 Å². The Morgan fingerprint density at radius 3 is 2.58 bits per heavy atom. The zero-order valence-corrected chi connectivity index (χ0v) is 11.6. The first-order chi connectivity index (χ1) is 9.06. The molecule has 0 N–H and O–H groups in total. The van der Waals surface area contributed by atoms with Crippen molar-refractivity contribution >= 4 is 0 Å². The van der Waals surface area contributed by atoms with Crippen molar-refractivity contribution in [1.82, 2.24) is 9.78 Å². The number of methoxy groups -OCH3 is 1. The van der Waals surface area contributed by atoms with Crippen molar-refractivity contribution in [2.75, 3.05) is 7.11 Å². The Kier molecular flexibility index (Phi) is 3.57. The van der Waals surface area contributed by atoms with E-state index in [9.17, 15) is 0 Å². The summed E-state index contributed by atoms with van der Waals surface area (Å²) < 4.78 is 7.12. The second-order valence-corrected chi connectivity index (χ2v) is 4.76. The molecule has 1 aromatic heterocycles. The van der Waals surface area contributed by atoms with Gasteiger partial charge in [0.15, 0.2) is 5.69 Å². The van der Waals surface area contributed by atoms with Crippen molar-refractivity contribution in [2.45, 2.75) is 19.8 Å². The lowest BCUT2D eigenvalue weighted by Crippen LogP contribution is -1.98. The summed E-state index contributed by atoms with van der Waals surface area (Å²) in [4.78, 5) is 0. The van der Waals surface area contributed by atoms with Gasteiger partial charge in [0.25, 0.3) is 0 Å². The molecule has 0 aliphatic rings. The number of aromatic nitrogens is 2. The van der Waals surface area contributed by atoms with Crippen LogP contribution in [-0.2, 0) is 7.05 Å². The Hall–Kier alpha value is -2.28. The van der Waals surface area contributed by atoms with Crippen LogP contribution < -0.4 is 4.74 Å². The van der Waals surface area contributed by atoms with Gasteiger partial charge >= 0.3 is 0 Å². The molecule has 19 heavy (non-hydrogen) atoms. The van der Waals surface area contributed by atoms with Crippen LogP contribution in [0, 0.1) is 11.3 Å². The standard InChI is InChI=1S/C15H17N3O/c1-10(2)11-5-6-15(19-4)13(7-11)14-8-12(9-16)17-18(14)3/h5-8,10H,1-4H3. The zero-order valence-electron chi connectivity index (χ0n) is 11.6. The number of ether oxygens (including phenoxy) is 1. The lowest BCUT2D eigenvalue weighted by atomic mass is 9.99. The van der Waals surface area contributed by atoms with E-state index in [1.54, 1.807) is 17.9 Å². The lowest BCUT2D eigenvalue weighted by molar-refractivity contribution is 0.416. The van der Waals surface area contributed by atoms with Gasteiger partial charge in [-0.2, -0.15) is 10.4 Å². The molecule has 0 unspecified atom stereocenters. The molecule has 2 rings (SSSR count). The van der Waals surface area contributed by atoms with Crippen molar-refractivity contribution in [3.63, 3.8) is 0 Å². The van der Waals surface area contributed by atoms with Crippen molar-refractivity contribution in [3.05, 3.63) is 35.5 Å². The SMILES string of the molecule is COc1ccc(C(C)C)cc1-c1cc(C#N)nn1C. The number of benzene rings is 1. The minimum Gasteiger partial charge on any atom is -0.496 e. The van der Waals surface area contributed by atoms with E-state index < -0.39 is 0 Å². The number of aryl methyl sites for hydroxylation is 1. The average molecular weight is 255 g/mol. The van der Waals surface area contributed by atoms with Crippen LogP contribution in [0.25, 0.3) is 11.3 Å². The maximum Gasteiger partial charge on any atom is 0.163 e. The average Bonchev–Trinajstić information content (AvgIpc) is 2.79. The van der Waals surface area contributed by atoms with Crippen molar-refractivity contribution in [1.29, 1.82) is 5.26 Å². The monoisotopic (exact) mass is 255 g/mol. The molecule has 0 fully saturated rings. The fraction of sp³-hybridized carbons (Fsp3) is 0.333. The van der Waals surface area contributed by atoms with Crippen LogP contribution in [0.2, 0.25) is 0 Å². The topological polar surface area (TPSA) is 50.8 Å². The molecule has 1 aromatic carbocycles. The third-order valence-corrected chi connectivity index (χ3v) is 3.16. The smallest absolute Gasteiger partial charge is 0.163 e. The van der Waals surface area contributed by atoms with Crippen LogP contribution in [0.4, 0.5) is 0 Å². The lowest BCUT2D eigenvalue weighted by Gasteiger charge is -2.12. The van der Waals surface area contributed by atoms with Gasteiger partial charge in [-0.15, -0.1) is 0 Å². The summed E-state index contributed by atoms with van der Waals surface area (Å²) in [5.74, 6) is 1.23. The minimum atomic E-state index is 0.412. The van der Waals surface area contributed by atoms with Gasteiger partial charge < -0.3 is 4.74 Å². The van der Waals surface area contributed by atoms with E-state index in [0.717, 1.165) is 17.0 Å². The van der Waals surface area contributed by atoms with Gasteiger partial charge in [-0.3, -0.25) is 4.68 Å². The van der Waals surface area contributed by atoms with Gasteiger partial charge in [-0.1, -0.05) is 19.9 Å². The summed E-state index contributed by atoms with van der Waals surface area (Å²) in [5.41, 5.74) is 3.49. The van der Waals surface area contributed by atoms with Gasteiger partial charge in [0.2, 0.25) is 0 Å². The van der Waals surface area contributed by atoms with Crippen LogP contribution in [-0.4, -0.2) is 16.9 Å². The van der Waals surface area contributed by atoms with Crippen LogP contribution in [0.1, 0.15) is 31.0 Å². The molecule has 4 heteroatoms. The molecule has 0 amide bonds. The molecule has 0 aliphatic heterocycles. The highest BCUT2D eigenvalue weighted by molar-refractivity contribution is 5.69. The summed E-state index contributed by atoms with van der Waals surface area (Å²) >= 11 is 0. The van der Waals surface area contributed by atoms with Gasteiger partial charge in [0, 0.05) is 18.7 Å². The maximum atomic E-state index is 8.93. The molecule has 0 saturated heterocycles. The second kappa shape index (κ2) is 5.15. The molecule has 1 heterocycles. The Bertz CT molecular complexity index is 635. The molecular weight excluding hydrogens is 238 g/mol. The summed E-state index contributed by atoms with van der Waals surface area (Å²) in [6.45, 7) is 4.30. The summed E-state index contributed by atoms with van der Waals surface area (Å²) in [7, 11) is 3.48. The predicted octanol–water partition coefficient (Wildman–Crippen LogP) is 3.09. The second-order valence-electron chi connectivity index (χ2n) is 4.76. The molecule has 0 saturated carbocycles.